The zero-order valence-corrected chi connectivity index (χ0v) is 15.0. The summed E-state index contributed by atoms with van der Waals surface area (Å²) in [7, 11) is 0. The van der Waals surface area contributed by atoms with Crippen LogP contribution in [0.1, 0.15) is 10.6 Å². The lowest BCUT2D eigenvalue weighted by molar-refractivity contribution is 0.0934. The molecule has 0 aliphatic carbocycles. The van der Waals surface area contributed by atoms with Crippen molar-refractivity contribution in [3.8, 4) is 23.5 Å². The molecule has 2 N–H and O–H groups in total. The van der Waals surface area contributed by atoms with Gasteiger partial charge in [0, 0.05) is 0 Å². The van der Waals surface area contributed by atoms with E-state index in [0.717, 1.165) is 0 Å². The van der Waals surface area contributed by atoms with Crippen LogP contribution in [0.15, 0.2) is 83.5 Å². The van der Waals surface area contributed by atoms with Gasteiger partial charge < -0.3 is 13.9 Å². The maximum absolute atomic E-state index is 12.0. The van der Waals surface area contributed by atoms with Crippen molar-refractivity contribution in [2.24, 2.45) is 0 Å². The maximum atomic E-state index is 12.0. The fourth-order valence-corrected chi connectivity index (χ4v) is 2.26. The summed E-state index contributed by atoms with van der Waals surface area (Å²) < 4.78 is 16.4. The van der Waals surface area contributed by atoms with Gasteiger partial charge in [-0.15, -0.1) is 4.98 Å². The number of carbonyl (C=O) groups is 1. The van der Waals surface area contributed by atoms with E-state index in [1.54, 1.807) is 30.3 Å². The molecule has 0 saturated heterocycles. The average Bonchev–Trinajstić information content (AvgIpc) is 3.28. The van der Waals surface area contributed by atoms with E-state index in [1.807, 2.05) is 36.4 Å². The van der Waals surface area contributed by atoms with Crippen molar-refractivity contribution in [3.63, 3.8) is 0 Å². The zero-order valence-electron chi connectivity index (χ0n) is 15.0. The zero-order chi connectivity index (χ0) is 19.9. The summed E-state index contributed by atoms with van der Waals surface area (Å²) in [6, 6.07) is 21.2. The average molecular weight is 389 g/mol. The Balaban J connectivity index is 1.56. The summed E-state index contributed by atoms with van der Waals surface area (Å²) in [4.78, 5) is 24.5. The monoisotopic (exact) mass is 389 g/mol. The molecule has 1 amide bonds. The van der Waals surface area contributed by atoms with E-state index in [-0.39, 0.29) is 23.7 Å². The minimum absolute atomic E-state index is 0.00752. The molecule has 0 aliphatic rings. The van der Waals surface area contributed by atoms with Crippen molar-refractivity contribution >= 4 is 11.9 Å². The predicted octanol–water partition coefficient (Wildman–Crippen LogP) is 3.81. The number of carbonyl (C=O) groups excluding carboxylic acids is 1. The molecule has 0 unspecified atom stereocenters. The number of nitrogens with zero attached hydrogens (tertiary/aromatic N) is 3. The maximum Gasteiger partial charge on any atom is 0.330 e. The first-order valence-electron chi connectivity index (χ1n) is 8.58. The molecule has 0 spiro atoms. The highest BCUT2D eigenvalue weighted by Crippen LogP contribution is 2.23. The van der Waals surface area contributed by atoms with Gasteiger partial charge in [-0.05, 0) is 36.4 Å². The first-order valence-corrected chi connectivity index (χ1v) is 8.58. The largest absolute Gasteiger partial charge is 0.459 e. The fraction of sp³-hybridized carbons (Fsp3) is 0. The minimum Gasteiger partial charge on any atom is -0.459 e. The third kappa shape index (κ3) is 4.86. The Morgan fingerprint density at radius 3 is 1.86 bits per heavy atom. The molecule has 29 heavy (non-hydrogen) atoms. The van der Waals surface area contributed by atoms with Crippen LogP contribution in [0.5, 0.6) is 23.5 Å². The highest BCUT2D eigenvalue weighted by molar-refractivity contribution is 5.91. The molecule has 4 aromatic rings. The van der Waals surface area contributed by atoms with Crippen molar-refractivity contribution < 1.29 is 18.7 Å². The second-order valence-corrected chi connectivity index (χ2v) is 5.61. The Kier molecular flexibility index (Phi) is 5.29. The van der Waals surface area contributed by atoms with Crippen molar-refractivity contribution in [1.29, 1.82) is 0 Å². The van der Waals surface area contributed by atoms with Gasteiger partial charge in [-0.3, -0.25) is 15.6 Å². The van der Waals surface area contributed by atoms with Crippen LogP contribution in [0.3, 0.4) is 0 Å². The SMILES string of the molecule is O=C(NNc1nc(Oc2ccccc2)nc(Oc2ccccc2)n1)c1ccco1. The minimum atomic E-state index is -0.494. The second kappa shape index (κ2) is 8.53. The van der Waals surface area contributed by atoms with Crippen LogP contribution in [0.25, 0.3) is 0 Å². The van der Waals surface area contributed by atoms with Crippen LogP contribution in [-0.2, 0) is 0 Å². The van der Waals surface area contributed by atoms with Crippen LogP contribution in [-0.4, -0.2) is 20.9 Å². The number of hydrazine groups is 1. The topological polar surface area (TPSA) is 111 Å². The number of hydrogen-bond donors (Lipinski definition) is 2. The predicted molar refractivity (Wildman–Crippen MR) is 103 cm³/mol. The first kappa shape index (κ1) is 18.0. The van der Waals surface area contributed by atoms with E-state index >= 15 is 0 Å². The van der Waals surface area contributed by atoms with Crippen molar-refractivity contribution in [3.05, 3.63) is 84.8 Å². The van der Waals surface area contributed by atoms with Crippen molar-refractivity contribution in [1.82, 2.24) is 20.4 Å². The number of furan rings is 1. The van der Waals surface area contributed by atoms with E-state index in [1.165, 1.54) is 12.3 Å². The number of para-hydroxylation sites is 2. The lowest BCUT2D eigenvalue weighted by Crippen LogP contribution is -2.30. The summed E-state index contributed by atoms with van der Waals surface area (Å²) >= 11 is 0. The van der Waals surface area contributed by atoms with Crippen LogP contribution >= 0.6 is 0 Å². The van der Waals surface area contributed by atoms with Gasteiger partial charge in [-0.25, -0.2) is 0 Å². The number of hydrogen-bond acceptors (Lipinski definition) is 8. The van der Waals surface area contributed by atoms with Gasteiger partial charge in [0.25, 0.3) is 5.95 Å². The molecule has 0 radical (unpaired) electrons. The number of benzene rings is 2. The second-order valence-electron chi connectivity index (χ2n) is 5.61. The van der Waals surface area contributed by atoms with Gasteiger partial charge in [-0.1, -0.05) is 36.4 Å². The summed E-state index contributed by atoms with van der Waals surface area (Å²) in [5, 5.41) is 0. The Labute approximate surface area is 165 Å². The van der Waals surface area contributed by atoms with Crippen molar-refractivity contribution in [2.45, 2.75) is 0 Å². The van der Waals surface area contributed by atoms with E-state index in [4.69, 9.17) is 13.9 Å². The van der Waals surface area contributed by atoms with Crippen molar-refractivity contribution in [2.75, 3.05) is 5.43 Å². The summed E-state index contributed by atoms with van der Waals surface area (Å²) in [5.74, 6) is 0.737. The molecule has 0 saturated carbocycles. The molecule has 2 heterocycles. The summed E-state index contributed by atoms with van der Waals surface area (Å²) in [5.41, 5.74) is 5.04. The summed E-state index contributed by atoms with van der Waals surface area (Å²) in [6.45, 7) is 0. The van der Waals surface area contributed by atoms with E-state index in [2.05, 4.69) is 25.8 Å². The molecule has 0 bridgehead atoms. The number of aromatic nitrogens is 3. The van der Waals surface area contributed by atoms with Crippen LogP contribution in [0, 0.1) is 0 Å². The van der Waals surface area contributed by atoms with E-state index < -0.39 is 5.91 Å². The Hall–Kier alpha value is -4.40. The number of amides is 1. The third-order valence-corrected chi connectivity index (χ3v) is 3.53. The fourth-order valence-electron chi connectivity index (χ4n) is 2.26. The number of ether oxygens (including phenoxy) is 2. The number of rotatable bonds is 7. The molecule has 9 nitrogen and oxygen atoms in total. The van der Waals surface area contributed by atoms with Gasteiger partial charge in [0.2, 0.25) is 0 Å². The van der Waals surface area contributed by atoms with E-state index in [9.17, 15) is 4.79 Å². The highest BCUT2D eigenvalue weighted by Gasteiger charge is 2.13. The lowest BCUT2D eigenvalue weighted by atomic mass is 10.3. The van der Waals surface area contributed by atoms with Crippen LogP contribution < -0.4 is 20.3 Å². The standard InChI is InChI=1S/C20H15N5O4/c26-17(16-12-7-13-27-16)24-25-18-21-19(28-14-8-3-1-4-9-14)23-20(22-18)29-15-10-5-2-6-11-15/h1-13H,(H,24,26)(H,21,22,23,25). The molecule has 0 fully saturated rings. The molecule has 2 aromatic heterocycles. The third-order valence-electron chi connectivity index (χ3n) is 3.53. The lowest BCUT2D eigenvalue weighted by Gasteiger charge is -2.10. The van der Waals surface area contributed by atoms with E-state index in [0.29, 0.717) is 11.5 Å². The smallest absolute Gasteiger partial charge is 0.330 e. The Bertz CT molecular complexity index is 1010. The first-order chi connectivity index (χ1) is 14.3. The Morgan fingerprint density at radius 2 is 1.34 bits per heavy atom. The van der Waals surface area contributed by atoms with Gasteiger partial charge in [0.05, 0.1) is 6.26 Å². The number of nitrogens with one attached hydrogen (secondary N) is 2. The van der Waals surface area contributed by atoms with Crippen LogP contribution in [0.4, 0.5) is 5.95 Å². The molecule has 9 heteroatoms. The number of anilines is 1. The molecule has 0 aliphatic heterocycles. The molecule has 0 atom stereocenters. The van der Waals surface area contributed by atoms with Gasteiger partial charge in [0.15, 0.2) is 5.76 Å². The Morgan fingerprint density at radius 1 is 0.759 bits per heavy atom. The quantitative estimate of drug-likeness (QED) is 0.459. The highest BCUT2D eigenvalue weighted by atomic mass is 16.5. The van der Waals surface area contributed by atoms with Gasteiger partial charge in [-0.2, -0.15) is 9.97 Å². The van der Waals surface area contributed by atoms with Gasteiger partial charge >= 0.3 is 17.9 Å². The normalized spacial score (nSPS) is 10.2. The summed E-state index contributed by atoms with van der Waals surface area (Å²) in [6.07, 6.45) is 1.40. The van der Waals surface area contributed by atoms with Crippen LogP contribution in [0.2, 0.25) is 0 Å². The molecule has 2 aromatic carbocycles. The van der Waals surface area contributed by atoms with Gasteiger partial charge in [0.1, 0.15) is 11.5 Å². The molecular formula is C20H15N5O4. The molecule has 144 valence electrons. The molecule has 4 rings (SSSR count). The molecular weight excluding hydrogens is 374 g/mol.